The molecule has 8 heteroatoms. The van der Waals surface area contributed by atoms with Crippen LogP contribution in [0.5, 0.6) is 0 Å². The zero-order chi connectivity index (χ0) is 19.5. The van der Waals surface area contributed by atoms with Gasteiger partial charge in [0.25, 0.3) is 5.91 Å². The summed E-state index contributed by atoms with van der Waals surface area (Å²) in [6.45, 7) is 4.41. The van der Waals surface area contributed by atoms with Crippen molar-refractivity contribution in [2.45, 2.75) is 38.9 Å². The molecule has 26 heavy (non-hydrogen) atoms. The summed E-state index contributed by atoms with van der Waals surface area (Å²) in [5.74, 6) is -0.597. The Kier molecular flexibility index (Phi) is 6.21. The van der Waals surface area contributed by atoms with Crippen molar-refractivity contribution in [1.82, 2.24) is 10.2 Å². The van der Waals surface area contributed by atoms with Gasteiger partial charge in [-0.1, -0.05) is 12.1 Å². The zero-order valence-corrected chi connectivity index (χ0v) is 15.5. The molecule has 0 bridgehead atoms. The monoisotopic (exact) mass is 390 g/mol. The maximum atomic E-state index is 13.0. The fourth-order valence-electron chi connectivity index (χ4n) is 2.90. The van der Waals surface area contributed by atoms with Crippen LogP contribution in [0.2, 0.25) is 0 Å². The summed E-state index contributed by atoms with van der Waals surface area (Å²) < 4.78 is 39.1. The van der Waals surface area contributed by atoms with Gasteiger partial charge in [0.15, 0.2) is 0 Å². The maximum Gasteiger partial charge on any atom is 0.417 e. The highest BCUT2D eigenvalue weighted by Gasteiger charge is 2.36. The number of alkyl halides is 4. The van der Waals surface area contributed by atoms with Gasteiger partial charge >= 0.3 is 6.18 Å². The Bertz CT molecular complexity index is 669. The number of carbonyl (C=O) groups excluding carboxylic acids is 2. The molecule has 4 nitrogen and oxygen atoms in total. The molecule has 144 valence electrons. The number of halogens is 4. The summed E-state index contributed by atoms with van der Waals surface area (Å²) in [5.41, 5.74) is -2.00. The molecule has 1 aromatic rings. The minimum Gasteiger partial charge on any atom is -0.349 e. The topological polar surface area (TPSA) is 49.4 Å². The van der Waals surface area contributed by atoms with Crippen LogP contribution in [0, 0.1) is 5.41 Å². The third-order valence-corrected chi connectivity index (χ3v) is 5.18. The minimum atomic E-state index is -4.59. The van der Waals surface area contributed by atoms with Crippen molar-refractivity contribution in [3.63, 3.8) is 0 Å². The molecule has 1 N–H and O–H groups in total. The first kappa shape index (κ1) is 20.6. The van der Waals surface area contributed by atoms with Crippen molar-refractivity contribution in [1.29, 1.82) is 0 Å². The Morgan fingerprint density at radius 3 is 2.31 bits per heavy atom. The fraction of sp³-hybridized carbons (Fsp3) is 0.556. The van der Waals surface area contributed by atoms with E-state index in [9.17, 15) is 22.8 Å². The molecule has 1 aliphatic heterocycles. The lowest BCUT2D eigenvalue weighted by molar-refractivity contribution is -0.140. The number of likely N-dealkylation sites (tertiary alicyclic amines) is 1. The van der Waals surface area contributed by atoms with Crippen LogP contribution < -0.4 is 5.32 Å². The average molecular weight is 391 g/mol. The number of benzene rings is 1. The van der Waals surface area contributed by atoms with E-state index in [-0.39, 0.29) is 23.4 Å². The number of piperidine rings is 1. The maximum absolute atomic E-state index is 13.0. The quantitative estimate of drug-likeness (QED) is 0.797. The van der Waals surface area contributed by atoms with Crippen LogP contribution in [0.15, 0.2) is 24.3 Å². The molecule has 0 unspecified atom stereocenters. The number of rotatable bonds is 4. The highest BCUT2D eigenvalue weighted by Crippen LogP contribution is 2.32. The number of carbonyl (C=O) groups is 2. The van der Waals surface area contributed by atoms with Crippen molar-refractivity contribution < 1.29 is 22.8 Å². The Morgan fingerprint density at radius 2 is 1.77 bits per heavy atom. The SMILES string of the molecule is CC(C)(CCl)C(=O)N1CCC(NC(=O)c2ccccc2C(F)(F)F)CC1. The number of amides is 2. The van der Waals surface area contributed by atoms with E-state index in [2.05, 4.69) is 5.32 Å². The highest BCUT2D eigenvalue weighted by molar-refractivity contribution is 6.19. The van der Waals surface area contributed by atoms with Crippen LogP contribution in [0.25, 0.3) is 0 Å². The molecule has 1 saturated heterocycles. The fourth-order valence-corrected chi connectivity index (χ4v) is 3.02. The van der Waals surface area contributed by atoms with Crippen LogP contribution in [-0.2, 0) is 11.0 Å². The second-order valence-corrected chi connectivity index (χ2v) is 7.37. The van der Waals surface area contributed by atoms with E-state index in [1.54, 1.807) is 18.7 Å². The van der Waals surface area contributed by atoms with Crippen molar-refractivity contribution in [3.05, 3.63) is 35.4 Å². The molecular weight excluding hydrogens is 369 g/mol. The van der Waals surface area contributed by atoms with Crippen LogP contribution >= 0.6 is 11.6 Å². The standard InChI is InChI=1S/C18H22ClF3N2O2/c1-17(2,11-19)16(26)24-9-7-12(8-10-24)23-15(25)13-5-3-4-6-14(13)18(20,21)22/h3-6,12H,7-11H2,1-2H3,(H,23,25). The Labute approximate surface area is 155 Å². The number of hydrogen-bond acceptors (Lipinski definition) is 2. The Hall–Kier alpha value is -1.76. The smallest absolute Gasteiger partial charge is 0.349 e. The molecule has 0 aromatic heterocycles. The first-order valence-electron chi connectivity index (χ1n) is 8.38. The van der Waals surface area contributed by atoms with E-state index in [0.717, 1.165) is 6.07 Å². The van der Waals surface area contributed by atoms with E-state index in [1.165, 1.54) is 18.2 Å². The molecule has 1 fully saturated rings. The minimum absolute atomic E-state index is 0.0558. The number of nitrogens with zero attached hydrogens (tertiary/aromatic N) is 1. The molecule has 0 radical (unpaired) electrons. The zero-order valence-electron chi connectivity index (χ0n) is 14.7. The van der Waals surface area contributed by atoms with Crippen LogP contribution in [0.3, 0.4) is 0 Å². The molecule has 1 heterocycles. The van der Waals surface area contributed by atoms with E-state index < -0.39 is 23.1 Å². The molecule has 0 aliphatic carbocycles. The summed E-state index contributed by atoms with van der Waals surface area (Å²) in [4.78, 5) is 26.4. The van der Waals surface area contributed by atoms with Crippen molar-refractivity contribution in [2.24, 2.45) is 5.41 Å². The molecule has 1 aromatic carbocycles. The predicted octanol–water partition coefficient (Wildman–Crippen LogP) is 3.69. The first-order chi connectivity index (χ1) is 12.1. The van der Waals surface area contributed by atoms with Gasteiger partial charge in [-0.25, -0.2) is 0 Å². The third-order valence-electron chi connectivity index (χ3n) is 4.51. The first-order valence-corrected chi connectivity index (χ1v) is 8.92. The molecule has 2 amide bonds. The molecular formula is C18H22ClF3N2O2. The van der Waals surface area contributed by atoms with Gasteiger partial charge in [0.05, 0.1) is 16.5 Å². The molecule has 0 atom stereocenters. The van der Waals surface area contributed by atoms with Crippen molar-refractivity contribution in [2.75, 3.05) is 19.0 Å². The molecule has 1 aliphatic rings. The van der Waals surface area contributed by atoms with E-state index >= 15 is 0 Å². The summed E-state index contributed by atoms with van der Waals surface area (Å²) in [6, 6.07) is 4.44. The van der Waals surface area contributed by atoms with Gasteiger partial charge in [-0.2, -0.15) is 13.2 Å². The van der Waals surface area contributed by atoms with Gasteiger partial charge < -0.3 is 10.2 Å². The van der Waals surface area contributed by atoms with Crippen LogP contribution in [-0.4, -0.2) is 41.7 Å². The van der Waals surface area contributed by atoms with Crippen LogP contribution in [0.1, 0.15) is 42.6 Å². The Balaban J connectivity index is 1.98. The molecule has 0 saturated carbocycles. The summed E-state index contributed by atoms with van der Waals surface area (Å²) in [7, 11) is 0. The lowest BCUT2D eigenvalue weighted by Crippen LogP contribution is -2.50. The molecule has 2 rings (SSSR count). The Morgan fingerprint density at radius 1 is 1.19 bits per heavy atom. The predicted molar refractivity (Wildman–Crippen MR) is 93.0 cm³/mol. The lowest BCUT2D eigenvalue weighted by atomic mass is 9.92. The van der Waals surface area contributed by atoms with E-state index in [0.29, 0.717) is 25.9 Å². The van der Waals surface area contributed by atoms with E-state index in [4.69, 9.17) is 11.6 Å². The van der Waals surface area contributed by atoms with Gasteiger partial charge in [0.1, 0.15) is 0 Å². The average Bonchev–Trinajstić information content (AvgIpc) is 2.61. The van der Waals surface area contributed by atoms with E-state index in [1.807, 2.05) is 0 Å². The van der Waals surface area contributed by atoms with Crippen LogP contribution in [0.4, 0.5) is 13.2 Å². The summed E-state index contributed by atoms with van der Waals surface area (Å²) in [6.07, 6.45) is -3.61. The highest BCUT2D eigenvalue weighted by atomic mass is 35.5. The second-order valence-electron chi connectivity index (χ2n) is 7.10. The van der Waals surface area contributed by atoms with Gasteiger partial charge in [0.2, 0.25) is 5.91 Å². The van der Waals surface area contributed by atoms with Crippen molar-refractivity contribution in [3.8, 4) is 0 Å². The third kappa shape index (κ3) is 4.69. The van der Waals surface area contributed by atoms with Gasteiger partial charge in [-0.05, 0) is 38.8 Å². The normalized spacial score (nSPS) is 16.5. The number of hydrogen-bond donors (Lipinski definition) is 1. The lowest BCUT2D eigenvalue weighted by Gasteiger charge is -2.36. The van der Waals surface area contributed by atoms with Crippen molar-refractivity contribution >= 4 is 23.4 Å². The van der Waals surface area contributed by atoms with Gasteiger partial charge in [-0.15, -0.1) is 11.6 Å². The van der Waals surface area contributed by atoms with Gasteiger partial charge in [0, 0.05) is 25.0 Å². The summed E-state index contributed by atoms with van der Waals surface area (Å²) in [5, 5.41) is 2.66. The second kappa shape index (κ2) is 7.86. The van der Waals surface area contributed by atoms with Gasteiger partial charge in [-0.3, -0.25) is 9.59 Å². The number of nitrogens with one attached hydrogen (secondary N) is 1. The summed E-state index contributed by atoms with van der Waals surface area (Å²) >= 11 is 5.83. The molecule has 0 spiro atoms. The largest absolute Gasteiger partial charge is 0.417 e.